The summed E-state index contributed by atoms with van der Waals surface area (Å²) in [6.45, 7) is 3.76. The van der Waals surface area contributed by atoms with Crippen LogP contribution in [-0.4, -0.2) is 43.6 Å². The van der Waals surface area contributed by atoms with Gasteiger partial charge in [-0.25, -0.2) is 0 Å². The Morgan fingerprint density at radius 2 is 1.84 bits per heavy atom. The van der Waals surface area contributed by atoms with Crippen LogP contribution in [-0.2, 0) is 16.0 Å². The first kappa shape index (κ1) is 16.6. The molecule has 0 spiro atoms. The van der Waals surface area contributed by atoms with Crippen molar-refractivity contribution in [1.29, 1.82) is 0 Å². The van der Waals surface area contributed by atoms with Crippen molar-refractivity contribution < 1.29 is 9.53 Å². The highest BCUT2D eigenvalue weighted by Gasteiger charge is 2.32. The summed E-state index contributed by atoms with van der Waals surface area (Å²) in [5.74, 6) is 0.0982. The molecule has 2 aromatic rings. The van der Waals surface area contributed by atoms with Gasteiger partial charge in [-0.05, 0) is 35.7 Å². The predicted molar refractivity (Wildman–Crippen MR) is 102 cm³/mol. The highest BCUT2D eigenvalue weighted by Crippen LogP contribution is 2.29. The van der Waals surface area contributed by atoms with E-state index >= 15 is 0 Å². The van der Waals surface area contributed by atoms with Crippen LogP contribution in [0.15, 0.2) is 53.0 Å². The van der Waals surface area contributed by atoms with Gasteiger partial charge in [-0.2, -0.15) is 0 Å². The van der Waals surface area contributed by atoms with E-state index in [0.717, 1.165) is 42.6 Å². The Hall–Kier alpha value is -1.85. The van der Waals surface area contributed by atoms with E-state index in [4.69, 9.17) is 4.74 Å². The van der Waals surface area contributed by atoms with Gasteiger partial charge in [0.2, 0.25) is 0 Å². The minimum Gasteiger partial charge on any atom is -0.368 e. The first-order valence-electron chi connectivity index (χ1n) is 8.71. The fourth-order valence-electron chi connectivity index (χ4n) is 3.62. The van der Waals surface area contributed by atoms with Gasteiger partial charge in [-0.1, -0.05) is 46.3 Å². The number of ether oxygens (including phenoxy) is 1. The summed E-state index contributed by atoms with van der Waals surface area (Å²) in [5.41, 5.74) is 3.47. The van der Waals surface area contributed by atoms with E-state index in [1.54, 1.807) is 0 Å². The van der Waals surface area contributed by atoms with E-state index in [1.807, 2.05) is 35.2 Å². The fraction of sp³-hybridized carbons (Fsp3) is 0.350. The number of halogens is 1. The lowest BCUT2D eigenvalue weighted by Gasteiger charge is -2.38. The number of carbonyl (C=O) groups is 1. The van der Waals surface area contributed by atoms with Crippen LogP contribution in [0.1, 0.15) is 17.2 Å². The molecule has 0 radical (unpaired) electrons. The second-order valence-electron chi connectivity index (χ2n) is 6.49. The van der Waals surface area contributed by atoms with Gasteiger partial charge in [-0.15, -0.1) is 0 Å². The second-order valence-corrected chi connectivity index (χ2v) is 7.41. The Morgan fingerprint density at radius 3 is 2.64 bits per heavy atom. The molecule has 0 aliphatic carbocycles. The van der Waals surface area contributed by atoms with Crippen LogP contribution in [0.5, 0.6) is 0 Å². The molecule has 5 heteroatoms. The first-order chi connectivity index (χ1) is 12.2. The third-order valence-corrected chi connectivity index (χ3v) is 5.48. The van der Waals surface area contributed by atoms with E-state index in [1.165, 1.54) is 11.3 Å². The molecule has 0 aromatic heterocycles. The number of rotatable bonds is 2. The van der Waals surface area contributed by atoms with E-state index in [-0.39, 0.29) is 5.91 Å². The zero-order valence-corrected chi connectivity index (χ0v) is 15.6. The van der Waals surface area contributed by atoms with Crippen LogP contribution in [0.3, 0.4) is 0 Å². The fourth-order valence-corrected chi connectivity index (χ4v) is 4.01. The average Bonchev–Trinajstić information content (AvgIpc) is 2.67. The molecular formula is C20H21BrN2O2. The molecule has 2 aliphatic heterocycles. The normalized spacial score (nSPS) is 20.3. The number of hydrogen-bond donors (Lipinski definition) is 0. The lowest BCUT2D eigenvalue weighted by atomic mass is 9.96. The number of nitrogens with zero attached hydrogens (tertiary/aromatic N) is 2. The topological polar surface area (TPSA) is 32.8 Å². The number of carbonyl (C=O) groups excluding carboxylic acids is 1. The van der Waals surface area contributed by atoms with Crippen molar-refractivity contribution in [3.05, 3.63) is 64.1 Å². The van der Waals surface area contributed by atoms with Crippen molar-refractivity contribution in [1.82, 2.24) is 4.90 Å². The average molecular weight is 401 g/mol. The minimum absolute atomic E-state index is 0.0982. The number of anilines is 1. The molecule has 1 amide bonds. The van der Waals surface area contributed by atoms with Crippen molar-refractivity contribution in [3.63, 3.8) is 0 Å². The second kappa shape index (κ2) is 7.18. The Kier molecular flexibility index (Phi) is 4.77. The maximum atomic E-state index is 13.0. The van der Waals surface area contributed by atoms with Gasteiger partial charge in [-0.3, -0.25) is 4.79 Å². The first-order valence-corrected chi connectivity index (χ1v) is 9.50. The molecule has 1 saturated heterocycles. The molecule has 1 atom stereocenters. The number of fused-ring (bicyclic) bond motifs is 1. The van der Waals surface area contributed by atoms with Crippen LogP contribution in [0.2, 0.25) is 0 Å². The Balaban J connectivity index is 1.44. The molecule has 2 heterocycles. The summed E-state index contributed by atoms with van der Waals surface area (Å²) in [6, 6.07) is 16.4. The molecule has 1 fully saturated rings. The van der Waals surface area contributed by atoms with Crippen LogP contribution in [0, 0.1) is 0 Å². The van der Waals surface area contributed by atoms with Gasteiger partial charge in [0, 0.05) is 36.3 Å². The highest BCUT2D eigenvalue weighted by molar-refractivity contribution is 9.10. The molecule has 4 nitrogen and oxygen atoms in total. The monoisotopic (exact) mass is 400 g/mol. The molecule has 25 heavy (non-hydrogen) atoms. The molecule has 130 valence electrons. The van der Waals surface area contributed by atoms with Gasteiger partial charge in [0.25, 0.3) is 5.91 Å². The van der Waals surface area contributed by atoms with Crippen LogP contribution in [0.4, 0.5) is 5.69 Å². The van der Waals surface area contributed by atoms with Crippen molar-refractivity contribution in [2.24, 2.45) is 0 Å². The quantitative estimate of drug-likeness (QED) is 0.773. The van der Waals surface area contributed by atoms with Crippen molar-refractivity contribution in [2.75, 3.05) is 37.7 Å². The van der Waals surface area contributed by atoms with Gasteiger partial charge < -0.3 is 14.5 Å². The summed E-state index contributed by atoms with van der Waals surface area (Å²) >= 11 is 3.52. The minimum atomic E-state index is -0.442. The molecule has 2 aliphatic rings. The predicted octanol–water partition coefficient (Wildman–Crippen LogP) is 3.41. The summed E-state index contributed by atoms with van der Waals surface area (Å²) in [7, 11) is 0. The maximum Gasteiger partial charge on any atom is 0.256 e. The molecule has 0 bridgehead atoms. The number of benzene rings is 2. The van der Waals surface area contributed by atoms with E-state index in [2.05, 4.69) is 39.0 Å². The van der Waals surface area contributed by atoms with Crippen molar-refractivity contribution in [3.8, 4) is 0 Å². The third kappa shape index (κ3) is 3.44. The van der Waals surface area contributed by atoms with E-state index < -0.39 is 6.10 Å². The van der Waals surface area contributed by atoms with Gasteiger partial charge >= 0.3 is 0 Å². The largest absolute Gasteiger partial charge is 0.368 e. The SMILES string of the molecule is O=C(C1OCCc2ccccc21)N1CCN(c2cccc(Br)c2)CC1. The Bertz CT molecular complexity index is 772. The lowest BCUT2D eigenvalue weighted by molar-refractivity contribution is -0.145. The van der Waals surface area contributed by atoms with Crippen LogP contribution in [0.25, 0.3) is 0 Å². The number of amides is 1. The standard InChI is InChI=1S/C20H21BrN2O2/c21-16-5-3-6-17(14-16)22-9-11-23(12-10-22)20(24)19-18-7-2-1-4-15(18)8-13-25-19/h1-7,14,19H,8-13H2. The zero-order valence-electron chi connectivity index (χ0n) is 14.0. The molecule has 1 unspecified atom stereocenters. The molecule has 2 aromatic carbocycles. The van der Waals surface area contributed by atoms with Gasteiger partial charge in [0.05, 0.1) is 6.61 Å². The third-order valence-electron chi connectivity index (χ3n) is 4.98. The highest BCUT2D eigenvalue weighted by atomic mass is 79.9. The van der Waals surface area contributed by atoms with Gasteiger partial charge in [0.1, 0.15) is 0 Å². The molecule has 0 N–H and O–H groups in total. The smallest absolute Gasteiger partial charge is 0.256 e. The molecular weight excluding hydrogens is 380 g/mol. The number of hydrogen-bond acceptors (Lipinski definition) is 3. The van der Waals surface area contributed by atoms with Crippen molar-refractivity contribution >= 4 is 27.5 Å². The molecule has 4 rings (SSSR count). The lowest BCUT2D eigenvalue weighted by Crippen LogP contribution is -2.50. The van der Waals surface area contributed by atoms with E-state index in [0.29, 0.717) is 6.61 Å². The van der Waals surface area contributed by atoms with Crippen molar-refractivity contribution in [2.45, 2.75) is 12.5 Å². The van der Waals surface area contributed by atoms with Crippen LogP contribution < -0.4 is 4.90 Å². The summed E-state index contributed by atoms with van der Waals surface area (Å²) in [5, 5.41) is 0. The van der Waals surface area contributed by atoms with Gasteiger partial charge in [0.15, 0.2) is 6.10 Å². The Labute approximate surface area is 156 Å². The molecule has 0 saturated carbocycles. The zero-order chi connectivity index (χ0) is 17.2. The van der Waals surface area contributed by atoms with Crippen LogP contribution >= 0.6 is 15.9 Å². The number of piperazine rings is 1. The van der Waals surface area contributed by atoms with E-state index in [9.17, 15) is 4.79 Å². The summed E-state index contributed by atoms with van der Waals surface area (Å²) in [4.78, 5) is 17.3. The maximum absolute atomic E-state index is 13.0. The summed E-state index contributed by atoms with van der Waals surface area (Å²) in [6.07, 6.45) is 0.443. The Morgan fingerprint density at radius 1 is 1.04 bits per heavy atom. The summed E-state index contributed by atoms with van der Waals surface area (Å²) < 4.78 is 6.91.